The third-order valence-corrected chi connectivity index (χ3v) is 11.5. The Morgan fingerprint density at radius 2 is 1.28 bits per heavy atom. The quantitative estimate of drug-likeness (QED) is 0.154. The van der Waals surface area contributed by atoms with Gasteiger partial charge in [-0.2, -0.15) is 6.07 Å². The largest absolute Gasteiger partial charge is 0.516 e. The van der Waals surface area contributed by atoms with Gasteiger partial charge < -0.3 is 19.5 Å². The summed E-state index contributed by atoms with van der Waals surface area (Å²) in [6.07, 6.45) is 1.91. The molecule has 1 N–H and O–H groups in total. The molecule has 7 aromatic rings. The minimum atomic E-state index is -0.171. The Morgan fingerprint density at radius 1 is 0.639 bits per heavy atom. The first-order chi connectivity index (χ1) is 28.0. The van der Waals surface area contributed by atoms with E-state index in [4.69, 9.17) is 9.72 Å². The SMILES string of the molecule is [CH2-]N(c1[c-]c(Oc2[c-]c3c(cc2)c2cc(C(C)(C)C)ccc2n3-c2cc(C(C)(C)C)ccn2)cc(C(C)(C)C)c1)c1ccccc1Nc1cc(C(C)C)cc(C(C)(C)C)c1.[Pt]. The average Bonchev–Trinajstić information content (AvgIpc) is 3.49. The van der Waals surface area contributed by atoms with Crippen molar-refractivity contribution in [3.05, 3.63) is 150 Å². The van der Waals surface area contributed by atoms with Crippen molar-refractivity contribution in [3.63, 3.8) is 0 Å². The first-order valence-electron chi connectivity index (χ1n) is 21.3. The van der Waals surface area contributed by atoms with Gasteiger partial charge in [0.05, 0.1) is 5.69 Å². The number of aromatic nitrogens is 2. The molecule has 5 nitrogen and oxygen atoms in total. The second-order valence-electron chi connectivity index (χ2n) is 20.8. The van der Waals surface area contributed by atoms with Gasteiger partial charge in [0.15, 0.2) is 0 Å². The van der Waals surface area contributed by atoms with Crippen LogP contribution in [0.1, 0.15) is 131 Å². The van der Waals surface area contributed by atoms with Gasteiger partial charge in [0, 0.05) is 55.7 Å². The van der Waals surface area contributed by atoms with Crippen molar-refractivity contribution >= 4 is 44.6 Å². The molecule has 322 valence electrons. The van der Waals surface area contributed by atoms with E-state index in [1.807, 2.05) is 17.2 Å². The summed E-state index contributed by atoms with van der Waals surface area (Å²) in [7, 11) is 4.60. The van der Waals surface area contributed by atoms with Gasteiger partial charge >= 0.3 is 0 Å². The first-order valence-corrected chi connectivity index (χ1v) is 21.3. The molecule has 61 heavy (non-hydrogen) atoms. The van der Waals surface area contributed by atoms with Gasteiger partial charge in [-0.15, -0.1) is 47.0 Å². The fraction of sp³-hybridized carbons (Fsp3) is 0.345. The molecule has 6 heteroatoms. The second-order valence-corrected chi connectivity index (χ2v) is 20.8. The number of fused-ring (bicyclic) bond motifs is 3. The number of nitrogens with one attached hydrogen (secondary N) is 1. The molecule has 0 radical (unpaired) electrons. The van der Waals surface area contributed by atoms with Crippen molar-refractivity contribution in [2.45, 2.75) is 125 Å². The monoisotopic (exact) mass is 990 g/mol. The van der Waals surface area contributed by atoms with Crippen LogP contribution >= 0.6 is 0 Å². The zero-order valence-corrected chi connectivity index (χ0v) is 40.9. The standard InChI is InChI=1S/C55H63N4O.Pt/c1-35(2)36-26-39(54(9,10)11)28-41(27-36)57-47-18-16-17-19-49(47)58(15)42-29-40(55(12,13)14)30-44(33-42)60-43-21-22-45-46-31-37(52(3,4)5)20-23-48(46)59(50(45)34-43)51-32-38(24-25-56-51)53(6,7)8;/h16-32,35,57H,15H2,1-14H3;/q-3;. The number of nitrogens with zero attached hydrogens (tertiary/aromatic N) is 3. The Bertz CT molecular complexity index is 2700. The Balaban J connectivity index is 0.00000622. The molecule has 0 bridgehead atoms. The second kappa shape index (κ2) is 16.8. The van der Waals surface area contributed by atoms with Crippen molar-refractivity contribution in [3.8, 4) is 17.3 Å². The zero-order chi connectivity index (χ0) is 43.5. The van der Waals surface area contributed by atoms with E-state index >= 15 is 0 Å². The van der Waals surface area contributed by atoms with Crippen LogP contribution in [0.4, 0.5) is 22.7 Å². The van der Waals surface area contributed by atoms with Gasteiger partial charge in [-0.1, -0.05) is 133 Å². The molecule has 2 heterocycles. The average molecular weight is 991 g/mol. The normalized spacial score (nSPS) is 12.5. The molecular weight excluding hydrogens is 928 g/mol. The molecule has 0 aliphatic heterocycles. The molecule has 5 aromatic carbocycles. The molecule has 0 fully saturated rings. The fourth-order valence-corrected chi connectivity index (χ4v) is 7.57. The molecule has 0 saturated carbocycles. The maximum absolute atomic E-state index is 6.78. The van der Waals surface area contributed by atoms with Crippen LogP contribution < -0.4 is 15.0 Å². The van der Waals surface area contributed by atoms with Gasteiger partial charge in [-0.3, -0.25) is 7.05 Å². The number of ether oxygens (including phenoxy) is 1. The van der Waals surface area contributed by atoms with Crippen LogP contribution in [0.3, 0.4) is 0 Å². The third kappa shape index (κ3) is 9.79. The van der Waals surface area contributed by atoms with Crippen molar-refractivity contribution in [2.75, 3.05) is 10.2 Å². The van der Waals surface area contributed by atoms with Crippen LogP contribution in [-0.4, -0.2) is 9.55 Å². The van der Waals surface area contributed by atoms with Crippen LogP contribution in [0.15, 0.2) is 103 Å². The summed E-state index contributed by atoms with van der Waals surface area (Å²) in [6, 6.07) is 42.0. The molecular formula is C55H63N4OPt-3. The maximum Gasteiger partial charge on any atom is 0.135 e. The summed E-state index contributed by atoms with van der Waals surface area (Å²) >= 11 is 0. The third-order valence-electron chi connectivity index (χ3n) is 11.5. The molecule has 7 rings (SSSR count). The Hall–Kier alpha value is -4.86. The minimum Gasteiger partial charge on any atom is -0.516 e. The first kappa shape index (κ1) is 45.7. The fourth-order valence-electron chi connectivity index (χ4n) is 7.57. The van der Waals surface area contributed by atoms with Crippen LogP contribution in [0.5, 0.6) is 11.5 Å². The van der Waals surface area contributed by atoms with Crippen LogP contribution in [0.25, 0.3) is 27.6 Å². The number of pyridine rings is 1. The van der Waals surface area contributed by atoms with Crippen LogP contribution in [-0.2, 0) is 42.7 Å². The number of para-hydroxylation sites is 2. The Kier molecular flexibility index (Phi) is 12.6. The van der Waals surface area contributed by atoms with E-state index in [0.29, 0.717) is 17.4 Å². The molecule has 0 saturated heterocycles. The van der Waals surface area contributed by atoms with Gasteiger partial charge in [-0.05, 0) is 97.7 Å². The van der Waals surface area contributed by atoms with Crippen LogP contribution in [0, 0.1) is 19.2 Å². The van der Waals surface area contributed by atoms with Crippen molar-refractivity contribution < 1.29 is 25.8 Å². The molecule has 0 aliphatic rings. The predicted octanol–water partition coefficient (Wildman–Crippen LogP) is 15.6. The minimum absolute atomic E-state index is 0. The molecule has 2 aromatic heterocycles. The van der Waals surface area contributed by atoms with Gasteiger partial charge in [0.2, 0.25) is 0 Å². The van der Waals surface area contributed by atoms with Gasteiger partial charge in [0.1, 0.15) is 5.82 Å². The van der Waals surface area contributed by atoms with Gasteiger partial charge in [-0.25, -0.2) is 4.98 Å². The zero-order valence-electron chi connectivity index (χ0n) is 38.7. The predicted molar refractivity (Wildman–Crippen MR) is 255 cm³/mol. The Labute approximate surface area is 380 Å². The number of rotatable bonds is 8. The summed E-state index contributed by atoms with van der Waals surface area (Å²) in [6.45, 7) is 31.4. The molecule has 0 aliphatic carbocycles. The number of anilines is 4. The number of benzene rings is 5. The van der Waals surface area contributed by atoms with Crippen molar-refractivity contribution in [1.82, 2.24) is 9.55 Å². The number of hydrogen-bond acceptors (Lipinski definition) is 4. The van der Waals surface area contributed by atoms with E-state index in [1.165, 1.54) is 22.3 Å². The smallest absolute Gasteiger partial charge is 0.135 e. The summed E-state index contributed by atoms with van der Waals surface area (Å²) in [5.41, 5.74) is 11.7. The van der Waals surface area contributed by atoms with Crippen LogP contribution in [0.2, 0.25) is 0 Å². The van der Waals surface area contributed by atoms with Crippen molar-refractivity contribution in [2.24, 2.45) is 0 Å². The summed E-state index contributed by atoms with van der Waals surface area (Å²) in [5, 5.41) is 6.02. The summed E-state index contributed by atoms with van der Waals surface area (Å²) in [5.74, 6) is 2.45. The van der Waals surface area contributed by atoms with E-state index in [1.54, 1.807) is 0 Å². The topological polar surface area (TPSA) is 42.3 Å². The molecule has 0 spiro atoms. The summed E-state index contributed by atoms with van der Waals surface area (Å²) < 4.78 is 9.01. The van der Waals surface area contributed by atoms with E-state index in [-0.39, 0.29) is 42.7 Å². The van der Waals surface area contributed by atoms with Gasteiger partial charge in [0.25, 0.3) is 0 Å². The van der Waals surface area contributed by atoms with E-state index in [0.717, 1.165) is 55.9 Å². The molecule has 0 unspecified atom stereocenters. The summed E-state index contributed by atoms with van der Waals surface area (Å²) in [4.78, 5) is 6.87. The van der Waals surface area contributed by atoms with Crippen molar-refractivity contribution in [1.29, 1.82) is 0 Å². The molecule has 0 atom stereocenters. The number of hydrogen-bond donors (Lipinski definition) is 1. The van der Waals surface area contributed by atoms with E-state index in [9.17, 15) is 0 Å². The molecule has 0 amide bonds. The Morgan fingerprint density at radius 3 is 1.93 bits per heavy atom. The maximum atomic E-state index is 6.78. The van der Waals surface area contributed by atoms with E-state index in [2.05, 4.69) is 217 Å². The van der Waals surface area contributed by atoms with E-state index < -0.39 is 0 Å².